The quantitative estimate of drug-likeness (QED) is 0.811. The summed E-state index contributed by atoms with van der Waals surface area (Å²) < 4.78 is 0.816. The van der Waals surface area contributed by atoms with E-state index in [2.05, 4.69) is 21.2 Å². The van der Waals surface area contributed by atoms with Crippen molar-refractivity contribution in [1.29, 1.82) is 0 Å². The molecule has 0 atom stereocenters. The zero-order chi connectivity index (χ0) is 13.7. The molecule has 1 rings (SSSR count). The third-order valence-electron chi connectivity index (χ3n) is 2.59. The number of carbonyl (C=O) groups is 1. The second kappa shape index (κ2) is 6.70. The molecule has 18 heavy (non-hydrogen) atoms. The summed E-state index contributed by atoms with van der Waals surface area (Å²) in [5.74, 6) is 0.0198. The third kappa shape index (κ3) is 3.68. The van der Waals surface area contributed by atoms with Gasteiger partial charge >= 0.3 is 0 Å². The zero-order valence-corrected chi connectivity index (χ0v) is 12.8. The van der Waals surface area contributed by atoms with Crippen LogP contribution in [0.2, 0.25) is 0 Å². The predicted octanol–water partition coefficient (Wildman–Crippen LogP) is 1.97. The summed E-state index contributed by atoms with van der Waals surface area (Å²) in [5.41, 5.74) is 7.15. The standard InChI is InChI=1S/C12H16BrN3OS/c1-3-16(2)10(17)7-15-9-6-4-5-8(13)11(9)12(14)18/h4-6,15H,3,7H2,1-2H3,(H2,14,18). The van der Waals surface area contributed by atoms with Crippen molar-refractivity contribution >= 4 is 44.7 Å². The molecule has 0 aliphatic rings. The number of thiocarbonyl (C=S) groups is 1. The molecule has 3 N–H and O–H groups in total. The van der Waals surface area contributed by atoms with Crippen LogP contribution in [0.4, 0.5) is 5.69 Å². The molecule has 0 fully saturated rings. The molecule has 0 aromatic heterocycles. The maximum Gasteiger partial charge on any atom is 0.241 e. The smallest absolute Gasteiger partial charge is 0.241 e. The summed E-state index contributed by atoms with van der Waals surface area (Å²) in [6.45, 7) is 2.83. The molecule has 0 radical (unpaired) electrons. The summed E-state index contributed by atoms with van der Waals surface area (Å²) in [6.07, 6.45) is 0. The Balaban J connectivity index is 2.83. The van der Waals surface area contributed by atoms with Gasteiger partial charge in [-0.05, 0) is 35.0 Å². The van der Waals surface area contributed by atoms with Crippen molar-refractivity contribution in [2.24, 2.45) is 5.73 Å². The molecule has 0 bridgehead atoms. The first kappa shape index (κ1) is 14.9. The lowest BCUT2D eigenvalue weighted by Crippen LogP contribution is -2.32. The van der Waals surface area contributed by atoms with Gasteiger partial charge in [0.05, 0.1) is 6.54 Å². The lowest BCUT2D eigenvalue weighted by molar-refractivity contribution is -0.127. The van der Waals surface area contributed by atoms with Crippen LogP contribution in [0.25, 0.3) is 0 Å². The van der Waals surface area contributed by atoms with E-state index >= 15 is 0 Å². The normalized spacial score (nSPS) is 9.94. The Kier molecular flexibility index (Phi) is 5.55. The molecule has 98 valence electrons. The van der Waals surface area contributed by atoms with E-state index in [1.807, 2.05) is 25.1 Å². The minimum absolute atomic E-state index is 0.0198. The van der Waals surface area contributed by atoms with Crippen LogP contribution in [0.3, 0.4) is 0 Å². The molecule has 0 unspecified atom stereocenters. The minimum atomic E-state index is 0.0198. The number of amides is 1. The molecular weight excluding hydrogens is 314 g/mol. The summed E-state index contributed by atoms with van der Waals surface area (Å²) in [6, 6.07) is 5.57. The Morgan fingerprint density at radius 2 is 2.22 bits per heavy atom. The largest absolute Gasteiger partial charge is 0.389 e. The molecule has 4 nitrogen and oxygen atoms in total. The number of hydrogen-bond donors (Lipinski definition) is 2. The van der Waals surface area contributed by atoms with E-state index in [9.17, 15) is 4.79 Å². The van der Waals surface area contributed by atoms with Gasteiger partial charge in [-0.3, -0.25) is 4.79 Å². The average Bonchev–Trinajstić information content (AvgIpc) is 2.34. The first-order chi connectivity index (χ1) is 8.47. The number of carbonyl (C=O) groups excluding carboxylic acids is 1. The Morgan fingerprint density at radius 1 is 1.56 bits per heavy atom. The molecule has 1 amide bonds. The molecule has 6 heteroatoms. The highest BCUT2D eigenvalue weighted by Gasteiger charge is 2.11. The van der Waals surface area contributed by atoms with Crippen molar-refractivity contribution in [3.63, 3.8) is 0 Å². The number of hydrogen-bond acceptors (Lipinski definition) is 3. The topological polar surface area (TPSA) is 58.4 Å². The number of halogens is 1. The van der Waals surface area contributed by atoms with Crippen LogP contribution in [0.15, 0.2) is 22.7 Å². The highest BCUT2D eigenvalue weighted by molar-refractivity contribution is 9.10. The van der Waals surface area contributed by atoms with Gasteiger partial charge in [0.1, 0.15) is 4.99 Å². The van der Waals surface area contributed by atoms with E-state index in [0.717, 1.165) is 15.7 Å². The average molecular weight is 330 g/mol. The zero-order valence-electron chi connectivity index (χ0n) is 10.4. The highest BCUT2D eigenvalue weighted by Crippen LogP contribution is 2.24. The van der Waals surface area contributed by atoms with Gasteiger partial charge in [-0.1, -0.05) is 18.3 Å². The van der Waals surface area contributed by atoms with Crippen molar-refractivity contribution in [3.05, 3.63) is 28.2 Å². The van der Waals surface area contributed by atoms with Crippen LogP contribution in [0, 0.1) is 0 Å². The Bertz CT molecular complexity index is 465. The minimum Gasteiger partial charge on any atom is -0.389 e. The van der Waals surface area contributed by atoms with Gasteiger partial charge in [0.15, 0.2) is 0 Å². The van der Waals surface area contributed by atoms with Crippen LogP contribution in [-0.4, -0.2) is 35.9 Å². The second-order valence-electron chi connectivity index (χ2n) is 3.79. The van der Waals surface area contributed by atoms with Crippen LogP contribution in [-0.2, 0) is 4.79 Å². The Hall–Kier alpha value is -1.14. The van der Waals surface area contributed by atoms with Gasteiger partial charge in [-0.15, -0.1) is 0 Å². The molecule has 1 aromatic rings. The monoisotopic (exact) mass is 329 g/mol. The van der Waals surface area contributed by atoms with E-state index < -0.39 is 0 Å². The lowest BCUT2D eigenvalue weighted by atomic mass is 10.2. The first-order valence-electron chi connectivity index (χ1n) is 5.53. The van der Waals surface area contributed by atoms with Crippen LogP contribution in [0.5, 0.6) is 0 Å². The fraction of sp³-hybridized carbons (Fsp3) is 0.333. The van der Waals surface area contributed by atoms with Crippen LogP contribution >= 0.6 is 28.1 Å². The maximum atomic E-state index is 11.7. The lowest BCUT2D eigenvalue weighted by Gasteiger charge is -2.17. The van der Waals surface area contributed by atoms with E-state index in [0.29, 0.717) is 11.5 Å². The molecule has 0 heterocycles. The number of anilines is 1. The number of benzene rings is 1. The number of likely N-dealkylation sites (N-methyl/N-ethyl adjacent to an activating group) is 1. The summed E-state index contributed by atoms with van der Waals surface area (Å²) >= 11 is 8.40. The van der Waals surface area contributed by atoms with Gasteiger partial charge in [0.25, 0.3) is 0 Å². The summed E-state index contributed by atoms with van der Waals surface area (Å²) in [7, 11) is 1.76. The SMILES string of the molecule is CCN(C)C(=O)CNc1cccc(Br)c1C(N)=S. The fourth-order valence-electron chi connectivity index (χ4n) is 1.40. The number of nitrogens with one attached hydrogen (secondary N) is 1. The van der Waals surface area contributed by atoms with E-state index in [-0.39, 0.29) is 12.5 Å². The molecule has 1 aromatic carbocycles. The highest BCUT2D eigenvalue weighted by atomic mass is 79.9. The number of nitrogens with two attached hydrogens (primary N) is 1. The predicted molar refractivity (Wildman–Crippen MR) is 81.8 cm³/mol. The second-order valence-corrected chi connectivity index (χ2v) is 5.08. The van der Waals surface area contributed by atoms with Crippen molar-refractivity contribution in [1.82, 2.24) is 4.90 Å². The number of nitrogens with zero attached hydrogens (tertiary/aromatic N) is 1. The Labute approximate surface area is 121 Å². The molecular formula is C12H16BrN3OS. The van der Waals surface area contributed by atoms with Crippen molar-refractivity contribution < 1.29 is 4.79 Å². The molecule has 0 spiro atoms. The van der Waals surface area contributed by atoms with Crippen LogP contribution < -0.4 is 11.1 Å². The van der Waals surface area contributed by atoms with Gasteiger partial charge in [0.2, 0.25) is 5.91 Å². The van der Waals surface area contributed by atoms with E-state index in [1.54, 1.807) is 11.9 Å². The summed E-state index contributed by atoms with van der Waals surface area (Å²) in [4.78, 5) is 13.6. The fourth-order valence-corrected chi connectivity index (χ4v) is 2.33. The third-order valence-corrected chi connectivity index (χ3v) is 3.46. The number of rotatable bonds is 5. The molecule has 0 saturated carbocycles. The van der Waals surface area contributed by atoms with Crippen LogP contribution in [0.1, 0.15) is 12.5 Å². The van der Waals surface area contributed by atoms with Crippen molar-refractivity contribution in [3.8, 4) is 0 Å². The summed E-state index contributed by atoms with van der Waals surface area (Å²) in [5, 5.41) is 3.06. The molecule has 0 aliphatic carbocycles. The van der Waals surface area contributed by atoms with Crippen molar-refractivity contribution in [2.45, 2.75) is 6.92 Å². The van der Waals surface area contributed by atoms with E-state index in [4.69, 9.17) is 18.0 Å². The van der Waals surface area contributed by atoms with Gasteiger partial charge in [-0.2, -0.15) is 0 Å². The van der Waals surface area contributed by atoms with Gasteiger partial charge in [-0.25, -0.2) is 0 Å². The van der Waals surface area contributed by atoms with E-state index in [1.165, 1.54) is 0 Å². The molecule has 0 aliphatic heterocycles. The molecule has 0 saturated heterocycles. The van der Waals surface area contributed by atoms with Crippen molar-refractivity contribution in [2.75, 3.05) is 25.5 Å². The first-order valence-corrected chi connectivity index (χ1v) is 6.73. The maximum absolute atomic E-state index is 11.7. The Morgan fingerprint density at radius 3 is 2.78 bits per heavy atom. The van der Waals surface area contributed by atoms with Gasteiger partial charge in [0, 0.05) is 29.3 Å². The van der Waals surface area contributed by atoms with Gasteiger partial charge < -0.3 is 16.0 Å².